The molecule has 10 heteroatoms. The molecule has 0 saturated carbocycles. The largest absolute Gasteiger partial charge is 0.389 e. The van der Waals surface area contributed by atoms with Crippen LogP contribution < -0.4 is 11.0 Å². The van der Waals surface area contributed by atoms with Gasteiger partial charge in [-0.1, -0.05) is 59.7 Å². The Morgan fingerprint density at radius 2 is 1.76 bits per heavy atom. The summed E-state index contributed by atoms with van der Waals surface area (Å²) in [7, 11) is 0. The Morgan fingerprint density at radius 3 is 2.58 bits per heavy atom. The Kier molecular flexibility index (Phi) is 8.50. The van der Waals surface area contributed by atoms with E-state index in [1.165, 1.54) is 0 Å². The van der Waals surface area contributed by atoms with Gasteiger partial charge in [-0.05, 0) is 103 Å². The normalized spacial score (nSPS) is 21.2. The number of rotatable bonds is 5. The number of aromatic nitrogens is 2. The molecule has 6 nitrogen and oxygen atoms in total. The van der Waals surface area contributed by atoms with Gasteiger partial charge in [0, 0.05) is 59.8 Å². The van der Waals surface area contributed by atoms with Gasteiger partial charge >= 0.3 is 11.9 Å². The molecular formula is C40H38ClF3N4O2. The fourth-order valence-corrected chi connectivity index (χ4v) is 9.19. The molecule has 3 aromatic carbocycles. The van der Waals surface area contributed by atoms with Crippen LogP contribution in [0.3, 0.4) is 0 Å². The minimum Gasteiger partial charge on any atom is -0.361 e. The van der Waals surface area contributed by atoms with E-state index in [9.17, 15) is 22.8 Å². The van der Waals surface area contributed by atoms with Gasteiger partial charge in [0.05, 0.1) is 11.0 Å². The van der Waals surface area contributed by atoms with Gasteiger partial charge in [-0.3, -0.25) is 9.36 Å². The minimum atomic E-state index is -4.29. The number of alkyl halides is 3. The molecule has 4 aliphatic rings. The summed E-state index contributed by atoms with van der Waals surface area (Å²) in [4.78, 5) is 31.4. The maximum absolute atomic E-state index is 13.9. The van der Waals surface area contributed by atoms with Crippen LogP contribution >= 0.6 is 11.6 Å². The number of fused-ring (bicyclic) bond motifs is 5. The summed E-state index contributed by atoms with van der Waals surface area (Å²) >= 11 is 6.89. The third-order valence-electron chi connectivity index (χ3n) is 11.1. The molecule has 2 unspecified atom stereocenters. The molecule has 1 aromatic heterocycles. The predicted octanol–water partition coefficient (Wildman–Crippen LogP) is 9.08. The van der Waals surface area contributed by atoms with E-state index in [1.807, 2.05) is 77.9 Å². The predicted molar refractivity (Wildman–Crippen MR) is 193 cm³/mol. The van der Waals surface area contributed by atoms with Crippen molar-refractivity contribution in [1.29, 1.82) is 0 Å². The van der Waals surface area contributed by atoms with Crippen LogP contribution in [-0.4, -0.2) is 39.6 Å². The number of H-pyrrole nitrogens is 1. The van der Waals surface area contributed by atoms with Crippen molar-refractivity contribution < 1.29 is 18.0 Å². The number of benzene rings is 3. The fourth-order valence-electron chi connectivity index (χ4n) is 8.91. The summed E-state index contributed by atoms with van der Waals surface area (Å²) in [5.41, 5.74) is 7.56. The van der Waals surface area contributed by atoms with Crippen molar-refractivity contribution >= 4 is 50.6 Å². The number of allylic oxidation sites excluding steroid dienone is 6. The standard InChI is InChI=1S/C40H38ClF3N4O2/c41-33-14-13-29(34-6-2-1-5-17-45-34)31-12-10-28-30(38(31)33)11-9-27-25(20-24(21-32(27)28)23-40(42,43)44)22-37(49)47-18-15-26(16-19-47)48-36-8-4-3-7-35(36)46-39(48)50/h1-8,10,12-14,17,24-26,45H,9,11,15-16,18-23H2,(H,46,50). The van der Waals surface area contributed by atoms with Crippen LogP contribution in [-0.2, 0) is 11.2 Å². The van der Waals surface area contributed by atoms with Gasteiger partial charge in [-0.2, -0.15) is 13.2 Å². The smallest absolute Gasteiger partial charge is 0.361 e. The number of aryl methyl sites for hydroxylation is 1. The van der Waals surface area contributed by atoms with Gasteiger partial charge in [0.1, 0.15) is 0 Å². The number of para-hydroxylation sites is 2. The SMILES string of the molecule is O=C(CC1CC(CC(F)(F)F)CC2=C1CCc1c2ccc2c(C3=CC=CC=CN3)ccc(Cl)c12)N1CCC(n2c(=O)[nH]c3ccccc32)CC1. The maximum atomic E-state index is 13.9. The van der Waals surface area contributed by atoms with E-state index in [4.69, 9.17) is 11.6 Å². The third-order valence-corrected chi connectivity index (χ3v) is 11.4. The number of hydrogen-bond donors (Lipinski definition) is 2. The fraction of sp³-hybridized carbons (Fsp3) is 0.350. The number of piperidine rings is 1. The first kappa shape index (κ1) is 32.7. The van der Waals surface area contributed by atoms with Gasteiger partial charge in [0.15, 0.2) is 0 Å². The molecule has 0 bridgehead atoms. The molecule has 4 aromatic rings. The van der Waals surface area contributed by atoms with E-state index in [0.29, 0.717) is 56.6 Å². The average molecular weight is 699 g/mol. The number of halogens is 4. The van der Waals surface area contributed by atoms with Crippen LogP contribution in [0.25, 0.3) is 33.1 Å². The summed E-state index contributed by atoms with van der Waals surface area (Å²) in [6, 6.07) is 15.6. The first-order valence-electron chi connectivity index (χ1n) is 17.4. The Balaban J connectivity index is 1.08. The van der Waals surface area contributed by atoms with Crippen molar-refractivity contribution in [3.63, 3.8) is 0 Å². The zero-order valence-electron chi connectivity index (χ0n) is 27.5. The summed E-state index contributed by atoms with van der Waals surface area (Å²) in [6.07, 6.45) is 8.14. The molecule has 1 fully saturated rings. The number of nitrogens with one attached hydrogen (secondary N) is 2. The van der Waals surface area contributed by atoms with E-state index >= 15 is 0 Å². The van der Waals surface area contributed by atoms with E-state index in [1.54, 1.807) is 4.57 Å². The lowest BCUT2D eigenvalue weighted by Gasteiger charge is -2.39. The molecule has 1 amide bonds. The summed E-state index contributed by atoms with van der Waals surface area (Å²) in [5, 5.41) is 5.90. The van der Waals surface area contributed by atoms with Gasteiger partial charge in [-0.25, -0.2) is 4.79 Å². The van der Waals surface area contributed by atoms with E-state index in [0.717, 1.165) is 55.3 Å². The molecule has 0 radical (unpaired) electrons. The minimum absolute atomic E-state index is 0.0245. The van der Waals surface area contributed by atoms with Crippen LogP contribution in [0.1, 0.15) is 67.7 Å². The highest BCUT2D eigenvalue weighted by Gasteiger charge is 2.40. The average Bonchev–Trinajstić information content (AvgIpc) is 3.22. The molecule has 2 N–H and O–H groups in total. The molecule has 1 saturated heterocycles. The molecule has 50 heavy (non-hydrogen) atoms. The number of carbonyl (C=O) groups excluding carboxylic acids is 1. The van der Waals surface area contributed by atoms with Crippen molar-refractivity contribution in [3.8, 4) is 0 Å². The number of hydrogen-bond acceptors (Lipinski definition) is 3. The maximum Gasteiger partial charge on any atom is 0.389 e. The van der Waals surface area contributed by atoms with Gasteiger partial charge in [-0.15, -0.1) is 0 Å². The molecular weight excluding hydrogens is 661 g/mol. The summed E-state index contributed by atoms with van der Waals surface area (Å²) < 4.78 is 43.4. The molecule has 2 aliphatic heterocycles. The quantitative estimate of drug-likeness (QED) is 0.219. The topological polar surface area (TPSA) is 70.1 Å². The summed E-state index contributed by atoms with van der Waals surface area (Å²) in [5.74, 6) is -0.881. The zero-order chi connectivity index (χ0) is 34.6. The van der Waals surface area contributed by atoms with Crippen molar-refractivity contribution in [2.24, 2.45) is 11.8 Å². The lowest BCUT2D eigenvalue weighted by Crippen LogP contribution is -2.41. The molecule has 0 spiro atoms. The van der Waals surface area contributed by atoms with Crippen LogP contribution in [0.15, 0.2) is 89.4 Å². The number of likely N-dealkylation sites (tertiary alicyclic amines) is 1. The molecule has 258 valence electrons. The molecule has 2 aliphatic carbocycles. The Morgan fingerprint density at radius 1 is 0.960 bits per heavy atom. The number of amides is 1. The van der Waals surface area contributed by atoms with Crippen LogP contribution in [0.4, 0.5) is 13.2 Å². The highest BCUT2D eigenvalue weighted by Crippen LogP contribution is 2.51. The number of nitrogens with zero attached hydrogens (tertiary/aromatic N) is 2. The third kappa shape index (κ3) is 6.10. The van der Waals surface area contributed by atoms with Gasteiger partial charge < -0.3 is 15.2 Å². The molecule has 8 rings (SSSR count). The van der Waals surface area contributed by atoms with E-state index in [-0.39, 0.29) is 30.0 Å². The van der Waals surface area contributed by atoms with Crippen molar-refractivity contribution in [3.05, 3.63) is 117 Å². The number of aromatic amines is 1. The van der Waals surface area contributed by atoms with E-state index in [2.05, 4.69) is 16.4 Å². The second kappa shape index (κ2) is 13.0. The second-order valence-electron chi connectivity index (χ2n) is 14.0. The van der Waals surface area contributed by atoms with E-state index < -0.39 is 18.5 Å². The van der Waals surface area contributed by atoms with Crippen LogP contribution in [0, 0.1) is 11.8 Å². The zero-order valence-corrected chi connectivity index (χ0v) is 28.3. The molecule has 2 atom stereocenters. The van der Waals surface area contributed by atoms with Crippen molar-refractivity contribution in [2.45, 2.75) is 63.6 Å². The first-order chi connectivity index (χ1) is 24.1. The van der Waals surface area contributed by atoms with Crippen molar-refractivity contribution in [1.82, 2.24) is 19.8 Å². The van der Waals surface area contributed by atoms with Crippen LogP contribution in [0.5, 0.6) is 0 Å². The second-order valence-corrected chi connectivity index (χ2v) is 14.4. The first-order valence-corrected chi connectivity index (χ1v) is 17.8. The summed E-state index contributed by atoms with van der Waals surface area (Å²) in [6.45, 7) is 1.01. The Hall–Kier alpha value is -4.50. The lowest BCUT2D eigenvalue weighted by molar-refractivity contribution is -0.145. The van der Waals surface area contributed by atoms with Crippen LogP contribution in [0.2, 0.25) is 5.02 Å². The highest BCUT2D eigenvalue weighted by molar-refractivity contribution is 6.36. The van der Waals surface area contributed by atoms with Gasteiger partial charge in [0.2, 0.25) is 5.91 Å². The lowest BCUT2D eigenvalue weighted by atomic mass is 9.67. The monoisotopic (exact) mass is 698 g/mol. The molecule has 3 heterocycles. The Bertz CT molecular complexity index is 2180. The number of imidazole rings is 1. The highest BCUT2D eigenvalue weighted by atomic mass is 35.5. The van der Waals surface area contributed by atoms with Crippen molar-refractivity contribution in [2.75, 3.05) is 13.1 Å². The Labute approximate surface area is 293 Å². The van der Waals surface area contributed by atoms with Gasteiger partial charge in [0.25, 0.3) is 0 Å². The number of carbonyl (C=O) groups is 1.